The van der Waals surface area contributed by atoms with Gasteiger partial charge in [-0.1, -0.05) is 31.5 Å². The average Bonchev–Trinajstić information content (AvgIpc) is 3.18. The van der Waals surface area contributed by atoms with Crippen LogP contribution in [0.15, 0.2) is 42.6 Å². The van der Waals surface area contributed by atoms with Crippen LogP contribution >= 0.6 is 0 Å². The van der Waals surface area contributed by atoms with Crippen LogP contribution in [-0.4, -0.2) is 26.8 Å². The summed E-state index contributed by atoms with van der Waals surface area (Å²) in [6, 6.07) is 12.0. The molecule has 5 nitrogen and oxygen atoms in total. The van der Waals surface area contributed by atoms with E-state index >= 15 is 0 Å². The van der Waals surface area contributed by atoms with E-state index in [9.17, 15) is 4.79 Å². The van der Waals surface area contributed by atoms with Crippen LogP contribution in [0.2, 0.25) is 0 Å². The van der Waals surface area contributed by atoms with Gasteiger partial charge in [0.15, 0.2) is 0 Å². The predicted octanol–water partition coefficient (Wildman–Crippen LogP) is 3.88. The summed E-state index contributed by atoms with van der Waals surface area (Å²) < 4.78 is 3.76. The fourth-order valence-electron chi connectivity index (χ4n) is 3.01. The van der Waals surface area contributed by atoms with E-state index in [-0.39, 0.29) is 5.91 Å². The summed E-state index contributed by atoms with van der Waals surface area (Å²) in [5, 5.41) is 7.76. The highest BCUT2D eigenvalue weighted by Crippen LogP contribution is 2.24. The van der Waals surface area contributed by atoms with Crippen molar-refractivity contribution in [1.82, 2.24) is 19.7 Å². The number of carbonyl (C=O) groups is 1. The minimum Gasteiger partial charge on any atom is -0.350 e. The number of benzene rings is 1. The minimum atomic E-state index is -0.105. The van der Waals surface area contributed by atoms with Gasteiger partial charge in [0.2, 0.25) is 0 Å². The third-order valence-electron chi connectivity index (χ3n) is 4.40. The first-order valence-corrected chi connectivity index (χ1v) is 8.94. The number of hydrogen-bond acceptors (Lipinski definition) is 2. The van der Waals surface area contributed by atoms with Crippen LogP contribution in [0, 0.1) is 19.8 Å². The number of carbonyl (C=O) groups excluding carboxylic acids is 1. The van der Waals surface area contributed by atoms with Crippen molar-refractivity contribution in [2.24, 2.45) is 13.0 Å². The highest BCUT2D eigenvalue weighted by atomic mass is 16.2. The van der Waals surface area contributed by atoms with Gasteiger partial charge >= 0.3 is 0 Å². The Bertz CT molecular complexity index is 933. The normalized spacial score (nSPS) is 11.2. The summed E-state index contributed by atoms with van der Waals surface area (Å²) in [5.41, 5.74) is 5.51. The molecule has 0 saturated heterocycles. The molecule has 0 aliphatic carbocycles. The van der Waals surface area contributed by atoms with Gasteiger partial charge in [-0.15, -0.1) is 0 Å². The van der Waals surface area contributed by atoms with Crippen molar-refractivity contribution in [3.8, 4) is 17.1 Å². The van der Waals surface area contributed by atoms with Crippen LogP contribution in [0.4, 0.5) is 0 Å². The lowest BCUT2D eigenvalue weighted by Crippen LogP contribution is -2.29. The van der Waals surface area contributed by atoms with Crippen LogP contribution in [-0.2, 0) is 7.05 Å². The second-order valence-corrected chi connectivity index (χ2v) is 7.22. The van der Waals surface area contributed by atoms with Crippen LogP contribution in [0.3, 0.4) is 0 Å². The molecule has 3 aromatic rings. The molecule has 26 heavy (non-hydrogen) atoms. The van der Waals surface area contributed by atoms with E-state index in [2.05, 4.69) is 32.2 Å². The Hall–Kier alpha value is -2.82. The maximum atomic E-state index is 12.8. The summed E-state index contributed by atoms with van der Waals surface area (Å²) in [7, 11) is 1.98. The third-order valence-corrected chi connectivity index (χ3v) is 4.40. The number of rotatable bonds is 5. The lowest BCUT2D eigenvalue weighted by Gasteiger charge is -2.12. The molecule has 2 aromatic heterocycles. The topological polar surface area (TPSA) is 51.9 Å². The summed E-state index contributed by atoms with van der Waals surface area (Å²) in [5.74, 6) is 0.287. The molecule has 1 N–H and O–H groups in total. The molecule has 136 valence electrons. The fraction of sp³-hybridized carbons (Fsp3) is 0.333. The molecule has 3 rings (SSSR count). The minimum absolute atomic E-state index is 0.105. The SMILES string of the molecule is Cc1ccc(-n2nc(-c3cccn3C)cc2C(=O)NCC(C)C)c(C)c1. The zero-order valence-corrected chi connectivity index (χ0v) is 16.1. The van der Waals surface area contributed by atoms with Crippen LogP contribution < -0.4 is 5.32 Å². The maximum Gasteiger partial charge on any atom is 0.270 e. The first-order chi connectivity index (χ1) is 12.4. The number of nitrogens with one attached hydrogen (secondary N) is 1. The number of aryl methyl sites for hydroxylation is 3. The second kappa shape index (κ2) is 7.20. The molecule has 1 aromatic carbocycles. The molecule has 1 amide bonds. The summed E-state index contributed by atoms with van der Waals surface area (Å²) >= 11 is 0. The Labute approximate surface area is 154 Å². The second-order valence-electron chi connectivity index (χ2n) is 7.22. The maximum absolute atomic E-state index is 12.8. The first kappa shape index (κ1) is 18.0. The first-order valence-electron chi connectivity index (χ1n) is 8.94. The predicted molar refractivity (Wildman–Crippen MR) is 105 cm³/mol. The Kier molecular flexibility index (Phi) is 4.98. The molecule has 0 aliphatic heterocycles. The highest BCUT2D eigenvalue weighted by molar-refractivity contribution is 5.94. The van der Waals surface area contributed by atoms with E-state index in [1.165, 1.54) is 5.56 Å². The van der Waals surface area contributed by atoms with E-state index < -0.39 is 0 Å². The van der Waals surface area contributed by atoms with Crippen molar-refractivity contribution in [3.05, 3.63) is 59.4 Å². The molecule has 0 radical (unpaired) electrons. The summed E-state index contributed by atoms with van der Waals surface area (Å²) in [4.78, 5) is 12.8. The lowest BCUT2D eigenvalue weighted by atomic mass is 10.1. The third kappa shape index (κ3) is 3.57. The standard InChI is InChI=1S/C21H26N4O/c1-14(2)13-22-21(26)20-12-17(19-7-6-10-24(19)5)23-25(20)18-9-8-15(3)11-16(18)4/h6-12,14H,13H2,1-5H3,(H,22,26). The van der Waals surface area contributed by atoms with E-state index in [0.29, 0.717) is 18.2 Å². The number of hydrogen-bond donors (Lipinski definition) is 1. The molecule has 0 atom stereocenters. The van der Waals surface area contributed by atoms with Gasteiger partial charge in [0, 0.05) is 19.8 Å². The van der Waals surface area contributed by atoms with Crippen molar-refractivity contribution in [3.63, 3.8) is 0 Å². The molecule has 0 saturated carbocycles. The smallest absolute Gasteiger partial charge is 0.270 e. The zero-order valence-electron chi connectivity index (χ0n) is 16.1. The Morgan fingerprint density at radius 1 is 1.19 bits per heavy atom. The number of aromatic nitrogens is 3. The number of amides is 1. The van der Waals surface area contributed by atoms with Gasteiger partial charge in [0.05, 0.1) is 11.4 Å². The quantitative estimate of drug-likeness (QED) is 0.759. The molecule has 0 unspecified atom stereocenters. The Morgan fingerprint density at radius 3 is 2.58 bits per heavy atom. The summed E-state index contributed by atoms with van der Waals surface area (Å²) in [6.07, 6.45) is 1.98. The monoisotopic (exact) mass is 350 g/mol. The molecule has 5 heteroatoms. The van der Waals surface area contributed by atoms with Gasteiger partial charge in [-0.2, -0.15) is 5.10 Å². The van der Waals surface area contributed by atoms with Crippen molar-refractivity contribution in [1.29, 1.82) is 0 Å². The van der Waals surface area contributed by atoms with Crippen molar-refractivity contribution < 1.29 is 4.79 Å². The van der Waals surface area contributed by atoms with E-state index in [1.807, 2.05) is 55.1 Å². The van der Waals surface area contributed by atoms with Crippen LogP contribution in [0.25, 0.3) is 17.1 Å². The van der Waals surface area contributed by atoms with Gasteiger partial charge in [-0.3, -0.25) is 4.79 Å². The lowest BCUT2D eigenvalue weighted by molar-refractivity contribution is 0.0941. The Morgan fingerprint density at radius 2 is 1.96 bits per heavy atom. The van der Waals surface area contributed by atoms with Crippen molar-refractivity contribution in [2.75, 3.05) is 6.54 Å². The number of nitrogens with zero attached hydrogens (tertiary/aromatic N) is 3. The van der Waals surface area contributed by atoms with Crippen molar-refractivity contribution >= 4 is 5.91 Å². The van der Waals surface area contributed by atoms with Crippen LogP contribution in [0.1, 0.15) is 35.5 Å². The molecule has 2 heterocycles. The van der Waals surface area contributed by atoms with E-state index in [4.69, 9.17) is 5.10 Å². The molecule has 0 bridgehead atoms. The van der Waals surface area contributed by atoms with Gasteiger partial charge in [0.25, 0.3) is 5.91 Å². The van der Waals surface area contributed by atoms with Crippen LogP contribution in [0.5, 0.6) is 0 Å². The van der Waals surface area contributed by atoms with E-state index in [0.717, 1.165) is 22.6 Å². The molecular weight excluding hydrogens is 324 g/mol. The van der Waals surface area contributed by atoms with Gasteiger partial charge in [0.1, 0.15) is 11.4 Å². The van der Waals surface area contributed by atoms with Gasteiger partial charge in [-0.25, -0.2) is 4.68 Å². The van der Waals surface area contributed by atoms with Crippen molar-refractivity contribution in [2.45, 2.75) is 27.7 Å². The fourth-order valence-corrected chi connectivity index (χ4v) is 3.01. The zero-order chi connectivity index (χ0) is 18.8. The molecule has 0 aliphatic rings. The summed E-state index contributed by atoms with van der Waals surface area (Å²) in [6.45, 7) is 8.90. The molecule has 0 spiro atoms. The highest BCUT2D eigenvalue weighted by Gasteiger charge is 2.19. The van der Waals surface area contributed by atoms with E-state index in [1.54, 1.807) is 4.68 Å². The Balaban J connectivity index is 2.10. The molecular formula is C21H26N4O. The van der Waals surface area contributed by atoms with Gasteiger partial charge < -0.3 is 9.88 Å². The average molecular weight is 350 g/mol. The molecule has 0 fully saturated rings. The van der Waals surface area contributed by atoms with Gasteiger partial charge in [-0.05, 0) is 49.6 Å². The largest absolute Gasteiger partial charge is 0.350 e.